The van der Waals surface area contributed by atoms with E-state index < -0.39 is 0 Å². The maximum atomic E-state index is 13.4. The lowest BCUT2D eigenvalue weighted by molar-refractivity contribution is -0.133. The highest BCUT2D eigenvalue weighted by atomic mass is 35.5. The molecule has 1 aromatic heterocycles. The Hall–Kier alpha value is -3.05. The molecule has 3 aromatic rings. The Morgan fingerprint density at radius 2 is 1.68 bits per heavy atom. The van der Waals surface area contributed by atoms with Crippen LogP contribution in [0.1, 0.15) is 40.3 Å². The number of furan rings is 1. The average molecular weight is 437 g/mol. The average Bonchev–Trinajstić information content (AvgIpc) is 3.53. The minimum Gasteiger partial charge on any atom is -0.464 e. The number of benzene rings is 2. The van der Waals surface area contributed by atoms with Gasteiger partial charge in [-0.2, -0.15) is 0 Å². The number of hydrogen-bond donors (Lipinski definition) is 0. The van der Waals surface area contributed by atoms with Crippen molar-refractivity contribution in [3.05, 3.63) is 94.4 Å². The largest absolute Gasteiger partial charge is 0.464 e. The zero-order chi connectivity index (χ0) is 21.8. The molecule has 1 heterocycles. The molecule has 0 atom stereocenters. The molecular formula is C25H25ClN2O3. The molecule has 0 saturated heterocycles. The van der Waals surface area contributed by atoms with Crippen LogP contribution in [0.2, 0.25) is 5.02 Å². The minimum atomic E-state index is -0.199. The maximum Gasteiger partial charge on any atom is 0.256 e. The van der Waals surface area contributed by atoms with Crippen molar-refractivity contribution in [1.82, 2.24) is 9.80 Å². The summed E-state index contributed by atoms with van der Waals surface area (Å²) >= 11 is 6.25. The van der Waals surface area contributed by atoms with Crippen molar-refractivity contribution in [2.24, 2.45) is 0 Å². The van der Waals surface area contributed by atoms with Gasteiger partial charge in [-0.25, -0.2) is 0 Å². The zero-order valence-corrected chi connectivity index (χ0v) is 18.2. The van der Waals surface area contributed by atoms with Crippen molar-refractivity contribution in [2.45, 2.75) is 38.9 Å². The van der Waals surface area contributed by atoms with Gasteiger partial charge in [0.25, 0.3) is 5.91 Å². The lowest BCUT2D eigenvalue weighted by Crippen LogP contribution is -2.43. The first kappa shape index (κ1) is 21.2. The van der Waals surface area contributed by atoms with E-state index in [9.17, 15) is 9.59 Å². The van der Waals surface area contributed by atoms with Gasteiger partial charge in [-0.15, -0.1) is 0 Å². The molecule has 0 bridgehead atoms. The van der Waals surface area contributed by atoms with Gasteiger partial charge in [0.15, 0.2) is 0 Å². The lowest BCUT2D eigenvalue weighted by Gasteiger charge is -2.27. The number of carbonyl (C=O) groups is 2. The predicted molar refractivity (Wildman–Crippen MR) is 120 cm³/mol. The molecule has 0 radical (unpaired) electrons. The Morgan fingerprint density at radius 1 is 0.968 bits per heavy atom. The van der Waals surface area contributed by atoms with Gasteiger partial charge in [-0.1, -0.05) is 54.1 Å². The van der Waals surface area contributed by atoms with Gasteiger partial charge in [0.1, 0.15) is 18.1 Å². The number of rotatable bonds is 8. The molecule has 1 aliphatic carbocycles. The molecule has 5 nitrogen and oxygen atoms in total. The normalized spacial score (nSPS) is 13.1. The Bertz CT molecular complexity index is 1060. The summed E-state index contributed by atoms with van der Waals surface area (Å²) in [5.74, 6) is 1.20. The van der Waals surface area contributed by atoms with Crippen molar-refractivity contribution in [1.29, 1.82) is 0 Å². The second-order valence-corrected chi connectivity index (χ2v) is 8.30. The van der Waals surface area contributed by atoms with Gasteiger partial charge in [0.2, 0.25) is 5.91 Å². The van der Waals surface area contributed by atoms with Crippen LogP contribution in [0, 0.1) is 6.92 Å². The third-order valence-corrected chi connectivity index (χ3v) is 5.70. The third kappa shape index (κ3) is 5.36. The van der Waals surface area contributed by atoms with Gasteiger partial charge in [-0.3, -0.25) is 9.59 Å². The van der Waals surface area contributed by atoms with E-state index >= 15 is 0 Å². The molecule has 4 rings (SSSR count). The van der Waals surface area contributed by atoms with E-state index in [4.69, 9.17) is 16.0 Å². The van der Waals surface area contributed by atoms with Crippen LogP contribution in [0.3, 0.4) is 0 Å². The molecular weight excluding hydrogens is 412 g/mol. The van der Waals surface area contributed by atoms with E-state index in [0.717, 1.165) is 29.9 Å². The second-order valence-electron chi connectivity index (χ2n) is 7.89. The van der Waals surface area contributed by atoms with E-state index in [-0.39, 0.29) is 24.4 Å². The molecule has 6 heteroatoms. The Balaban J connectivity index is 1.54. The molecule has 1 saturated carbocycles. The number of hydrogen-bond acceptors (Lipinski definition) is 3. The second kappa shape index (κ2) is 9.40. The van der Waals surface area contributed by atoms with Crippen LogP contribution < -0.4 is 0 Å². The third-order valence-electron chi connectivity index (χ3n) is 5.37. The van der Waals surface area contributed by atoms with Crippen LogP contribution in [-0.2, 0) is 17.9 Å². The standard InChI is InChI=1S/C25H25ClN2O3/c1-18-11-14-21(31-18)16-27(15-19-7-3-2-4-8-19)24(29)17-28(20-12-13-20)25(30)22-9-5-6-10-23(22)26/h2-11,14,20H,12-13,15-17H2,1H3. The topological polar surface area (TPSA) is 53.8 Å². The number of aryl methyl sites for hydroxylation is 1. The molecule has 1 fully saturated rings. The molecule has 160 valence electrons. The van der Waals surface area contributed by atoms with Crippen molar-refractivity contribution >= 4 is 23.4 Å². The number of amides is 2. The molecule has 0 aliphatic heterocycles. The maximum absolute atomic E-state index is 13.4. The molecule has 1 aliphatic rings. The van der Waals surface area contributed by atoms with Crippen LogP contribution in [0.15, 0.2) is 71.1 Å². The number of carbonyl (C=O) groups excluding carboxylic acids is 2. The van der Waals surface area contributed by atoms with E-state index in [1.54, 1.807) is 34.1 Å². The molecule has 2 aromatic carbocycles. The van der Waals surface area contributed by atoms with Crippen molar-refractivity contribution in [2.75, 3.05) is 6.54 Å². The summed E-state index contributed by atoms with van der Waals surface area (Å²) in [7, 11) is 0. The minimum absolute atomic E-state index is 0.0151. The summed E-state index contributed by atoms with van der Waals surface area (Å²) in [4.78, 5) is 30.0. The highest BCUT2D eigenvalue weighted by Crippen LogP contribution is 2.30. The monoisotopic (exact) mass is 436 g/mol. The first-order valence-electron chi connectivity index (χ1n) is 10.4. The van der Waals surface area contributed by atoms with Crippen molar-refractivity contribution in [3.8, 4) is 0 Å². The molecule has 2 amide bonds. The zero-order valence-electron chi connectivity index (χ0n) is 17.5. The van der Waals surface area contributed by atoms with Crippen LogP contribution in [0.25, 0.3) is 0 Å². The molecule has 0 spiro atoms. The van der Waals surface area contributed by atoms with E-state index in [0.29, 0.717) is 23.7 Å². The fourth-order valence-electron chi connectivity index (χ4n) is 3.58. The molecule has 0 N–H and O–H groups in total. The Morgan fingerprint density at radius 3 is 2.32 bits per heavy atom. The number of nitrogens with zero attached hydrogens (tertiary/aromatic N) is 2. The summed E-state index contributed by atoms with van der Waals surface area (Å²) in [5, 5.41) is 0.401. The van der Waals surface area contributed by atoms with Gasteiger partial charge in [0.05, 0.1) is 17.1 Å². The van der Waals surface area contributed by atoms with Crippen molar-refractivity contribution < 1.29 is 14.0 Å². The first-order valence-corrected chi connectivity index (χ1v) is 10.8. The fourth-order valence-corrected chi connectivity index (χ4v) is 3.80. The van der Waals surface area contributed by atoms with E-state index in [2.05, 4.69) is 0 Å². The fraction of sp³-hybridized carbons (Fsp3) is 0.280. The Labute approximate surface area is 187 Å². The first-order chi connectivity index (χ1) is 15.0. The highest BCUT2D eigenvalue weighted by Gasteiger charge is 2.36. The van der Waals surface area contributed by atoms with E-state index in [1.807, 2.05) is 49.4 Å². The van der Waals surface area contributed by atoms with Gasteiger partial charge >= 0.3 is 0 Å². The van der Waals surface area contributed by atoms with Crippen LogP contribution in [-0.4, -0.2) is 34.2 Å². The smallest absolute Gasteiger partial charge is 0.256 e. The van der Waals surface area contributed by atoms with E-state index in [1.165, 1.54) is 0 Å². The molecule has 31 heavy (non-hydrogen) atoms. The summed E-state index contributed by atoms with van der Waals surface area (Å²) in [5.41, 5.74) is 1.45. The number of halogens is 1. The van der Waals surface area contributed by atoms with Crippen LogP contribution >= 0.6 is 11.6 Å². The van der Waals surface area contributed by atoms with Gasteiger partial charge in [0, 0.05) is 12.6 Å². The highest BCUT2D eigenvalue weighted by molar-refractivity contribution is 6.33. The summed E-state index contributed by atoms with van der Waals surface area (Å²) < 4.78 is 5.71. The lowest BCUT2D eigenvalue weighted by atomic mass is 10.2. The quantitative estimate of drug-likeness (QED) is 0.495. The summed E-state index contributed by atoms with van der Waals surface area (Å²) in [6, 6.07) is 20.7. The predicted octanol–water partition coefficient (Wildman–Crippen LogP) is 5.08. The van der Waals surface area contributed by atoms with Crippen LogP contribution in [0.4, 0.5) is 0 Å². The Kier molecular flexibility index (Phi) is 6.42. The SMILES string of the molecule is Cc1ccc(CN(Cc2ccccc2)C(=O)CN(C(=O)c2ccccc2Cl)C2CC2)o1. The van der Waals surface area contributed by atoms with Crippen molar-refractivity contribution in [3.63, 3.8) is 0 Å². The summed E-state index contributed by atoms with van der Waals surface area (Å²) in [6.45, 7) is 2.68. The van der Waals surface area contributed by atoms with Gasteiger partial charge < -0.3 is 14.2 Å². The van der Waals surface area contributed by atoms with Crippen LogP contribution in [0.5, 0.6) is 0 Å². The van der Waals surface area contributed by atoms with Gasteiger partial charge in [-0.05, 0) is 49.6 Å². The summed E-state index contributed by atoms with van der Waals surface area (Å²) in [6.07, 6.45) is 1.80. The molecule has 0 unspecified atom stereocenters.